The number of benzene rings is 2. The monoisotopic (exact) mass is 331 g/mol. The first kappa shape index (κ1) is 15.3. The molecule has 0 aliphatic heterocycles. The molecule has 20 heavy (non-hydrogen) atoms. The Labute approximate surface area is 130 Å². The Kier molecular flexibility index (Phi) is 5.81. The van der Waals surface area contributed by atoms with Gasteiger partial charge in [-0.3, -0.25) is 0 Å². The summed E-state index contributed by atoms with van der Waals surface area (Å²) < 4.78 is 1.18. The van der Waals surface area contributed by atoms with Crippen LogP contribution in [-0.4, -0.2) is 6.04 Å². The Morgan fingerprint density at radius 2 is 1.65 bits per heavy atom. The van der Waals surface area contributed by atoms with Gasteiger partial charge in [-0.1, -0.05) is 71.4 Å². The molecule has 1 N–H and O–H groups in total. The summed E-state index contributed by atoms with van der Waals surface area (Å²) in [6.07, 6.45) is 2.20. The van der Waals surface area contributed by atoms with Crippen LogP contribution in [0.5, 0.6) is 0 Å². The van der Waals surface area contributed by atoms with E-state index in [2.05, 4.69) is 89.7 Å². The van der Waals surface area contributed by atoms with Crippen LogP contribution in [0, 0.1) is 0 Å². The molecule has 0 saturated carbocycles. The summed E-state index contributed by atoms with van der Waals surface area (Å²) in [5.41, 5.74) is 2.71. The molecule has 0 saturated heterocycles. The Balaban J connectivity index is 2.01. The highest BCUT2D eigenvalue weighted by Crippen LogP contribution is 2.23. The summed E-state index contributed by atoms with van der Waals surface area (Å²) in [5.74, 6) is 0. The van der Waals surface area contributed by atoms with E-state index in [1.165, 1.54) is 15.6 Å². The van der Waals surface area contributed by atoms with E-state index in [0.29, 0.717) is 12.1 Å². The predicted molar refractivity (Wildman–Crippen MR) is 89.9 cm³/mol. The number of hydrogen-bond acceptors (Lipinski definition) is 1. The van der Waals surface area contributed by atoms with Crippen molar-refractivity contribution >= 4 is 15.9 Å². The van der Waals surface area contributed by atoms with Crippen LogP contribution in [-0.2, 0) is 6.42 Å². The largest absolute Gasteiger partial charge is 0.307 e. The van der Waals surface area contributed by atoms with Crippen LogP contribution >= 0.6 is 15.9 Å². The van der Waals surface area contributed by atoms with Gasteiger partial charge >= 0.3 is 0 Å². The van der Waals surface area contributed by atoms with Gasteiger partial charge in [-0.05, 0) is 37.0 Å². The Hall–Kier alpha value is -1.12. The molecule has 1 nitrogen and oxygen atoms in total. The quantitative estimate of drug-likeness (QED) is 0.774. The van der Waals surface area contributed by atoms with E-state index in [9.17, 15) is 0 Å². The van der Waals surface area contributed by atoms with Gasteiger partial charge in [-0.25, -0.2) is 0 Å². The zero-order chi connectivity index (χ0) is 14.4. The van der Waals surface area contributed by atoms with Gasteiger partial charge in [-0.15, -0.1) is 0 Å². The first-order chi connectivity index (χ1) is 9.70. The molecule has 0 amide bonds. The van der Waals surface area contributed by atoms with Crippen molar-refractivity contribution in [3.05, 3.63) is 70.2 Å². The Morgan fingerprint density at radius 1 is 1.00 bits per heavy atom. The van der Waals surface area contributed by atoms with E-state index >= 15 is 0 Å². The van der Waals surface area contributed by atoms with E-state index in [4.69, 9.17) is 0 Å². The molecule has 0 spiro atoms. The third-order valence-corrected chi connectivity index (χ3v) is 4.40. The Morgan fingerprint density at radius 3 is 2.30 bits per heavy atom. The van der Waals surface area contributed by atoms with Gasteiger partial charge in [0.05, 0.1) is 0 Å². The maximum absolute atomic E-state index is 3.74. The molecular weight excluding hydrogens is 310 g/mol. The number of hydrogen-bond donors (Lipinski definition) is 1. The molecule has 106 valence electrons. The minimum Gasteiger partial charge on any atom is -0.307 e. The third kappa shape index (κ3) is 4.19. The van der Waals surface area contributed by atoms with Gasteiger partial charge in [-0.2, -0.15) is 0 Å². The maximum Gasteiger partial charge on any atom is 0.0305 e. The molecule has 0 heterocycles. The molecule has 0 radical (unpaired) electrons. The van der Waals surface area contributed by atoms with Crippen LogP contribution in [0.3, 0.4) is 0 Å². The van der Waals surface area contributed by atoms with Gasteiger partial charge in [0.25, 0.3) is 0 Å². The van der Waals surface area contributed by atoms with Crippen LogP contribution in [0.25, 0.3) is 0 Å². The fourth-order valence-corrected chi connectivity index (χ4v) is 3.12. The lowest BCUT2D eigenvalue weighted by molar-refractivity contribution is 0.439. The van der Waals surface area contributed by atoms with E-state index in [-0.39, 0.29) is 0 Å². The van der Waals surface area contributed by atoms with Gasteiger partial charge in [0, 0.05) is 16.6 Å². The second-order valence-electron chi connectivity index (χ2n) is 5.20. The molecular formula is C18H22BrN. The van der Waals surface area contributed by atoms with Crippen molar-refractivity contribution in [1.82, 2.24) is 5.32 Å². The summed E-state index contributed by atoms with van der Waals surface area (Å²) in [6, 6.07) is 20.0. The van der Waals surface area contributed by atoms with Crippen LogP contribution in [0.4, 0.5) is 0 Å². The minimum absolute atomic E-state index is 0.347. The zero-order valence-corrected chi connectivity index (χ0v) is 13.7. The summed E-state index contributed by atoms with van der Waals surface area (Å²) in [4.78, 5) is 0. The SMILES string of the molecule is CCC(Cc1ccccc1)N[C@H](C)c1ccccc1Br. The molecule has 2 atom stereocenters. The molecule has 0 fully saturated rings. The van der Waals surface area contributed by atoms with E-state index in [0.717, 1.165) is 12.8 Å². The lowest BCUT2D eigenvalue weighted by Gasteiger charge is -2.23. The normalized spacial score (nSPS) is 13.9. The van der Waals surface area contributed by atoms with E-state index < -0.39 is 0 Å². The summed E-state index contributed by atoms with van der Waals surface area (Å²) >= 11 is 3.64. The molecule has 2 heteroatoms. The molecule has 2 aromatic rings. The standard InChI is InChI=1S/C18H22BrN/c1-3-16(13-15-9-5-4-6-10-15)20-14(2)17-11-7-8-12-18(17)19/h4-12,14,16,20H,3,13H2,1-2H3/t14-,16?/m1/s1. The second-order valence-corrected chi connectivity index (χ2v) is 6.06. The van der Waals surface area contributed by atoms with Gasteiger partial charge < -0.3 is 5.32 Å². The minimum atomic E-state index is 0.347. The van der Waals surface area contributed by atoms with Crippen LogP contribution < -0.4 is 5.32 Å². The molecule has 1 unspecified atom stereocenters. The molecule has 2 aromatic carbocycles. The second kappa shape index (κ2) is 7.61. The fraction of sp³-hybridized carbons (Fsp3) is 0.333. The average Bonchev–Trinajstić information content (AvgIpc) is 2.48. The highest BCUT2D eigenvalue weighted by molar-refractivity contribution is 9.10. The average molecular weight is 332 g/mol. The van der Waals surface area contributed by atoms with E-state index in [1.54, 1.807) is 0 Å². The predicted octanol–water partition coefficient (Wildman–Crippen LogP) is 5.12. The van der Waals surface area contributed by atoms with Crippen molar-refractivity contribution in [2.24, 2.45) is 0 Å². The number of rotatable bonds is 6. The van der Waals surface area contributed by atoms with Crippen molar-refractivity contribution < 1.29 is 0 Å². The van der Waals surface area contributed by atoms with Gasteiger partial charge in [0.1, 0.15) is 0 Å². The molecule has 0 aliphatic rings. The topological polar surface area (TPSA) is 12.0 Å². The zero-order valence-electron chi connectivity index (χ0n) is 12.1. The third-order valence-electron chi connectivity index (χ3n) is 3.68. The maximum atomic E-state index is 3.74. The number of halogens is 1. The molecule has 0 bridgehead atoms. The molecule has 0 aliphatic carbocycles. The molecule has 0 aromatic heterocycles. The lowest BCUT2D eigenvalue weighted by atomic mass is 10.0. The highest BCUT2D eigenvalue weighted by Gasteiger charge is 2.14. The van der Waals surface area contributed by atoms with Crippen LogP contribution in [0.1, 0.15) is 37.4 Å². The molecule has 2 rings (SSSR count). The Bertz CT molecular complexity index is 524. The lowest BCUT2D eigenvalue weighted by Crippen LogP contribution is -2.33. The summed E-state index contributed by atoms with van der Waals surface area (Å²) in [7, 11) is 0. The van der Waals surface area contributed by atoms with Crippen molar-refractivity contribution in [3.63, 3.8) is 0 Å². The van der Waals surface area contributed by atoms with Crippen molar-refractivity contribution in [2.75, 3.05) is 0 Å². The van der Waals surface area contributed by atoms with Gasteiger partial charge in [0.2, 0.25) is 0 Å². The van der Waals surface area contributed by atoms with E-state index in [1.807, 2.05) is 0 Å². The summed E-state index contributed by atoms with van der Waals surface area (Å²) in [5, 5.41) is 3.74. The van der Waals surface area contributed by atoms with Crippen molar-refractivity contribution in [2.45, 2.75) is 38.8 Å². The first-order valence-corrected chi connectivity index (χ1v) is 8.04. The smallest absolute Gasteiger partial charge is 0.0305 e. The van der Waals surface area contributed by atoms with Crippen LogP contribution in [0.15, 0.2) is 59.1 Å². The first-order valence-electron chi connectivity index (χ1n) is 7.25. The van der Waals surface area contributed by atoms with Crippen LogP contribution in [0.2, 0.25) is 0 Å². The highest BCUT2D eigenvalue weighted by atomic mass is 79.9. The van der Waals surface area contributed by atoms with Crippen molar-refractivity contribution in [3.8, 4) is 0 Å². The van der Waals surface area contributed by atoms with Crippen molar-refractivity contribution in [1.29, 1.82) is 0 Å². The van der Waals surface area contributed by atoms with Gasteiger partial charge in [0.15, 0.2) is 0 Å². The number of nitrogens with one attached hydrogen (secondary N) is 1. The summed E-state index contributed by atoms with van der Waals surface area (Å²) in [6.45, 7) is 4.47. The fourth-order valence-electron chi connectivity index (χ4n) is 2.49.